The molecule has 1 saturated heterocycles. The second-order valence-electron chi connectivity index (χ2n) is 7.12. The molecular weight excluding hydrogens is 340 g/mol. The second kappa shape index (κ2) is 8.86. The second-order valence-corrected chi connectivity index (χ2v) is 7.12. The number of aromatic nitrogens is 1. The van der Waals surface area contributed by atoms with E-state index in [2.05, 4.69) is 27.1 Å². The normalized spacial score (nSPS) is 15.0. The molecule has 1 N–H and O–H groups in total. The lowest BCUT2D eigenvalue weighted by atomic mass is 10.1. The van der Waals surface area contributed by atoms with E-state index in [0.717, 1.165) is 37.6 Å². The van der Waals surface area contributed by atoms with Crippen LogP contribution < -0.4 is 15.0 Å². The number of amides is 1. The van der Waals surface area contributed by atoms with Gasteiger partial charge < -0.3 is 19.9 Å². The third kappa shape index (κ3) is 4.98. The van der Waals surface area contributed by atoms with Gasteiger partial charge in [-0.1, -0.05) is 18.2 Å². The van der Waals surface area contributed by atoms with Gasteiger partial charge in [0.1, 0.15) is 11.6 Å². The van der Waals surface area contributed by atoms with Gasteiger partial charge in [-0.2, -0.15) is 0 Å². The molecule has 1 aliphatic heterocycles. The van der Waals surface area contributed by atoms with E-state index in [1.54, 1.807) is 6.07 Å². The lowest BCUT2D eigenvalue weighted by Crippen LogP contribution is -2.45. The van der Waals surface area contributed by atoms with Crippen molar-refractivity contribution in [1.29, 1.82) is 0 Å². The fourth-order valence-electron chi connectivity index (χ4n) is 3.15. The Bertz CT molecular complexity index is 770. The number of hydrogen-bond donors (Lipinski definition) is 1. The molecule has 144 valence electrons. The molecule has 3 rings (SSSR count). The zero-order valence-electron chi connectivity index (χ0n) is 16.3. The number of anilines is 1. The first-order chi connectivity index (χ1) is 13.0. The highest BCUT2D eigenvalue weighted by molar-refractivity contribution is 5.96. The quantitative estimate of drug-likeness (QED) is 0.849. The Labute approximate surface area is 161 Å². The number of ether oxygens (including phenoxy) is 1. The molecule has 1 amide bonds. The Morgan fingerprint density at radius 2 is 1.89 bits per heavy atom. The first-order valence-corrected chi connectivity index (χ1v) is 9.46. The summed E-state index contributed by atoms with van der Waals surface area (Å²) in [6.07, 6.45) is 1.83. The molecule has 6 heteroatoms. The van der Waals surface area contributed by atoms with Crippen LogP contribution in [0, 0.1) is 0 Å². The summed E-state index contributed by atoms with van der Waals surface area (Å²) in [4.78, 5) is 21.9. The van der Waals surface area contributed by atoms with Crippen molar-refractivity contribution in [3.05, 3.63) is 53.7 Å². The average Bonchev–Trinajstić information content (AvgIpc) is 2.67. The van der Waals surface area contributed by atoms with E-state index in [0.29, 0.717) is 17.9 Å². The number of carbonyl (C=O) groups is 1. The summed E-state index contributed by atoms with van der Waals surface area (Å²) in [5.74, 6) is 1.42. The van der Waals surface area contributed by atoms with E-state index in [4.69, 9.17) is 4.74 Å². The van der Waals surface area contributed by atoms with Gasteiger partial charge in [0.05, 0.1) is 11.7 Å². The number of benzene rings is 1. The van der Waals surface area contributed by atoms with Crippen molar-refractivity contribution in [2.75, 3.05) is 38.1 Å². The summed E-state index contributed by atoms with van der Waals surface area (Å²) < 4.78 is 5.76. The number of likely N-dealkylation sites (N-methyl/N-ethyl adjacent to an activating group) is 1. The minimum absolute atomic E-state index is 0.0149. The molecule has 0 bridgehead atoms. The number of nitrogens with zero attached hydrogens (tertiary/aromatic N) is 3. The molecule has 0 atom stereocenters. The maximum absolute atomic E-state index is 12.7. The molecular formula is C21H28N4O2. The zero-order valence-corrected chi connectivity index (χ0v) is 16.3. The zero-order chi connectivity index (χ0) is 19.2. The SMILES string of the molecule is CC(C)Oc1ccccc1C(=O)NCc1cccnc1N1CCN(C)CC1. The molecule has 0 aliphatic carbocycles. The Morgan fingerprint density at radius 1 is 1.15 bits per heavy atom. The Balaban J connectivity index is 1.70. The van der Waals surface area contributed by atoms with Crippen molar-refractivity contribution < 1.29 is 9.53 Å². The highest BCUT2D eigenvalue weighted by atomic mass is 16.5. The summed E-state index contributed by atoms with van der Waals surface area (Å²) >= 11 is 0. The molecule has 1 aliphatic rings. The van der Waals surface area contributed by atoms with E-state index in [1.807, 2.05) is 50.4 Å². The van der Waals surface area contributed by atoms with Crippen molar-refractivity contribution in [2.24, 2.45) is 0 Å². The van der Waals surface area contributed by atoms with Gasteiger partial charge in [-0.25, -0.2) is 4.98 Å². The number of hydrogen-bond acceptors (Lipinski definition) is 5. The van der Waals surface area contributed by atoms with E-state index in [9.17, 15) is 4.79 Å². The first-order valence-electron chi connectivity index (χ1n) is 9.46. The molecule has 1 aromatic heterocycles. The standard InChI is InChI=1S/C21H28N4O2/c1-16(2)27-19-9-5-4-8-18(19)21(26)23-15-17-7-6-10-22-20(17)25-13-11-24(3)12-14-25/h4-10,16H,11-15H2,1-3H3,(H,23,26). The molecule has 0 saturated carbocycles. The Morgan fingerprint density at radius 3 is 2.63 bits per heavy atom. The van der Waals surface area contributed by atoms with Gasteiger partial charge in [0.25, 0.3) is 5.91 Å². The Hall–Kier alpha value is -2.60. The molecule has 0 radical (unpaired) electrons. The number of piperazine rings is 1. The van der Waals surface area contributed by atoms with Crippen molar-refractivity contribution in [1.82, 2.24) is 15.2 Å². The van der Waals surface area contributed by atoms with Crippen molar-refractivity contribution in [3.8, 4) is 5.75 Å². The maximum Gasteiger partial charge on any atom is 0.255 e. The predicted molar refractivity (Wildman–Crippen MR) is 107 cm³/mol. The largest absolute Gasteiger partial charge is 0.490 e. The van der Waals surface area contributed by atoms with E-state index >= 15 is 0 Å². The van der Waals surface area contributed by atoms with Gasteiger partial charge in [0.2, 0.25) is 0 Å². The van der Waals surface area contributed by atoms with Crippen LogP contribution in [0.5, 0.6) is 5.75 Å². The third-order valence-electron chi connectivity index (χ3n) is 4.60. The minimum Gasteiger partial charge on any atom is -0.490 e. The number of para-hydroxylation sites is 1. The molecule has 1 aromatic carbocycles. The van der Waals surface area contributed by atoms with Gasteiger partial charge in [-0.3, -0.25) is 4.79 Å². The van der Waals surface area contributed by atoms with E-state index in [1.165, 1.54) is 0 Å². The minimum atomic E-state index is -0.139. The number of carbonyl (C=O) groups excluding carboxylic acids is 1. The number of pyridine rings is 1. The maximum atomic E-state index is 12.7. The predicted octanol–water partition coefficient (Wildman–Crippen LogP) is 2.55. The number of nitrogens with one attached hydrogen (secondary N) is 1. The highest BCUT2D eigenvalue weighted by Gasteiger charge is 2.19. The van der Waals surface area contributed by atoms with Crippen LogP contribution in [-0.4, -0.2) is 55.1 Å². The van der Waals surface area contributed by atoms with Crippen LogP contribution in [0.25, 0.3) is 0 Å². The number of rotatable bonds is 6. The first kappa shape index (κ1) is 19.2. The van der Waals surface area contributed by atoms with Crippen molar-refractivity contribution in [2.45, 2.75) is 26.5 Å². The monoisotopic (exact) mass is 368 g/mol. The van der Waals surface area contributed by atoms with E-state index < -0.39 is 0 Å². The topological polar surface area (TPSA) is 57.7 Å². The smallest absolute Gasteiger partial charge is 0.255 e. The van der Waals surface area contributed by atoms with Crippen LogP contribution in [0.3, 0.4) is 0 Å². The van der Waals surface area contributed by atoms with Crippen LogP contribution in [0.15, 0.2) is 42.6 Å². The fraction of sp³-hybridized carbons (Fsp3) is 0.429. The summed E-state index contributed by atoms with van der Waals surface area (Å²) in [7, 11) is 2.13. The van der Waals surface area contributed by atoms with E-state index in [-0.39, 0.29) is 12.0 Å². The van der Waals surface area contributed by atoms with Gasteiger partial charge >= 0.3 is 0 Å². The molecule has 6 nitrogen and oxygen atoms in total. The highest BCUT2D eigenvalue weighted by Crippen LogP contribution is 2.21. The molecule has 1 fully saturated rings. The van der Waals surface area contributed by atoms with Crippen LogP contribution >= 0.6 is 0 Å². The van der Waals surface area contributed by atoms with Gasteiger partial charge in [-0.15, -0.1) is 0 Å². The van der Waals surface area contributed by atoms with Crippen LogP contribution in [0.2, 0.25) is 0 Å². The van der Waals surface area contributed by atoms with Crippen LogP contribution in [0.1, 0.15) is 29.8 Å². The summed E-state index contributed by atoms with van der Waals surface area (Å²) in [6.45, 7) is 8.26. The van der Waals surface area contributed by atoms with Crippen LogP contribution in [-0.2, 0) is 6.54 Å². The van der Waals surface area contributed by atoms with Crippen LogP contribution in [0.4, 0.5) is 5.82 Å². The van der Waals surface area contributed by atoms with Crippen molar-refractivity contribution in [3.63, 3.8) is 0 Å². The fourth-order valence-corrected chi connectivity index (χ4v) is 3.15. The molecule has 0 unspecified atom stereocenters. The van der Waals surface area contributed by atoms with Gasteiger partial charge in [0.15, 0.2) is 0 Å². The molecule has 2 heterocycles. The molecule has 27 heavy (non-hydrogen) atoms. The summed E-state index contributed by atoms with van der Waals surface area (Å²) in [5, 5.41) is 3.02. The molecule has 0 spiro atoms. The van der Waals surface area contributed by atoms with Gasteiger partial charge in [0, 0.05) is 44.5 Å². The lowest BCUT2D eigenvalue weighted by molar-refractivity contribution is 0.0945. The molecule has 2 aromatic rings. The summed E-state index contributed by atoms with van der Waals surface area (Å²) in [6, 6.07) is 11.3. The third-order valence-corrected chi connectivity index (χ3v) is 4.60. The van der Waals surface area contributed by atoms with Gasteiger partial charge in [-0.05, 0) is 39.1 Å². The lowest BCUT2D eigenvalue weighted by Gasteiger charge is -2.34. The Kier molecular flexibility index (Phi) is 6.29. The van der Waals surface area contributed by atoms with Crippen molar-refractivity contribution >= 4 is 11.7 Å². The average molecular weight is 368 g/mol. The summed E-state index contributed by atoms with van der Waals surface area (Å²) in [5.41, 5.74) is 1.58.